The third kappa shape index (κ3) is 2.80. The highest BCUT2D eigenvalue weighted by atomic mass is 16.3. The first kappa shape index (κ1) is 16.6. The molecule has 0 bridgehead atoms. The van der Waals surface area contributed by atoms with E-state index in [1.165, 1.54) is 6.20 Å². The zero-order valence-electron chi connectivity index (χ0n) is 14.1. The second-order valence-electron chi connectivity index (χ2n) is 6.52. The first-order chi connectivity index (χ1) is 12.5. The van der Waals surface area contributed by atoms with Crippen LogP contribution >= 0.6 is 0 Å². The number of phenolic OH excluding ortho intramolecular Hbond substituents is 1. The molecule has 2 aliphatic heterocycles. The largest absolute Gasteiger partial charge is 0.508 e. The van der Waals surface area contributed by atoms with Gasteiger partial charge in [-0.15, -0.1) is 0 Å². The fourth-order valence-electron chi connectivity index (χ4n) is 3.57. The maximum Gasteiger partial charge on any atom is 0.266 e. The van der Waals surface area contributed by atoms with Crippen molar-refractivity contribution in [3.63, 3.8) is 0 Å². The van der Waals surface area contributed by atoms with Crippen LogP contribution in [0.15, 0.2) is 30.5 Å². The van der Waals surface area contributed by atoms with E-state index in [2.05, 4.69) is 15.8 Å². The maximum atomic E-state index is 12.8. The smallest absolute Gasteiger partial charge is 0.266 e. The monoisotopic (exact) mass is 356 g/mol. The number of primary amides is 1. The molecule has 1 aromatic heterocycles. The number of phenols is 1. The number of hydrogen-bond acceptors (Lipinski definition) is 6. The number of carbonyl (C=O) groups excluding carboxylic acids is 2. The molecule has 2 unspecified atom stereocenters. The molecule has 2 atom stereocenters. The Hall–Kier alpha value is -2.91. The summed E-state index contributed by atoms with van der Waals surface area (Å²) in [5.74, 6) is 0.307. The van der Waals surface area contributed by atoms with E-state index in [-0.39, 0.29) is 17.7 Å². The second kappa shape index (κ2) is 6.43. The van der Waals surface area contributed by atoms with Gasteiger partial charge in [-0.05, 0) is 12.5 Å². The minimum absolute atomic E-state index is 0.0368. The second-order valence-corrected chi connectivity index (χ2v) is 6.52. The van der Waals surface area contributed by atoms with E-state index in [0.29, 0.717) is 37.6 Å². The van der Waals surface area contributed by atoms with Gasteiger partial charge in [-0.1, -0.05) is 18.2 Å². The topological polar surface area (TPSA) is 126 Å². The molecule has 0 radical (unpaired) electrons. The molecular weight excluding hydrogens is 336 g/mol. The Labute approximate surface area is 149 Å². The molecule has 26 heavy (non-hydrogen) atoms. The van der Waals surface area contributed by atoms with Crippen molar-refractivity contribution in [2.45, 2.75) is 31.6 Å². The number of hydrazine groups is 1. The summed E-state index contributed by atoms with van der Waals surface area (Å²) >= 11 is 0. The van der Waals surface area contributed by atoms with E-state index in [4.69, 9.17) is 5.73 Å². The Morgan fingerprint density at radius 3 is 2.81 bits per heavy atom. The van der Waals surface area contributed by atoms with Gasteiger partial charge in [-0.25, -0.2) is 15.8 Å². The predicted molar refractivity (Wildman–Crippen MR) is 91.7 cm³/mol. The molecule has 136 valence electrons. The molecule has 1 fully saturated rings. The average Bonchev–Trinajstić information content (AvgIpc) is 3.28. The predicted octanol–water partition coefficient (Wildman–Crippen LogP) is -0.362. The third-order valence-electron chi connectivity index (χ3n) is 4.94. The summed E-state index contributed by atoms with van der Waals surface area (Å²) in [5, 5.41) is 9.99. The van der Waals surface area contributed by atoms with Gasteiger partial charge < -0.3 is 20.3 Å². The lowest BCUT2D eigenvalue weighted by Crippen LogP contribution is -2.48. The number of para-hydroxylation sites is 1. The maximum absolute atomic E-state index is 12.8. The number of hydrogen-bond donors (Lipinski definition) is 4. The van der Waals surface area contributed by atoms with Crippen molar-refractivity contribution in [3.05, 3.63) is 47.5 Å². The van der Waals surface area contributed by atoms with Gasteiger partial charge in [-0.2, -0.15) is 0 Å². The fourth-order valence-corrected chi connectivity index (χ4v) is 3.57. The highest BCUT2D eigenvalue weighted by Gasteiger charge is 2.35. The third-order valence-corrected chi connectivity index (χ3v) is 4.94. The number of benzene rings is 1. The normalized spacial score (nSPS) is 22.2. The first-order valence-electron chi connectivity index (χ1n) is 8.46. The molecular formula is C17H20N6O3. The molecule has 9 nitrogen and oxygen atoms in total. The minimum atomic E-state index is -0.518. The molecule has 0 saturated carbocycles. The number of rotatable bonds is 3. The van der Waals surface area contributed by atoms with Crippen LogP contribution in [0.3, 0.4) is 0 Å². The Morgan fingerprint density at radius 2 is 2.04 bits per heavy atom. The summed E-state index contributed by atoms with van der Waals surface area (Å²) < 4.78 is 1.76. The number of carbonyl (C=O) groups is 2. The number of aromatic nitrogens is 2. The number of fused-ring (bicyclic) bond motifs is 1. The van der Waals surface area contributed by atoms with Crippen LogP contribution in [0.5, 0.6) is 5.75 Å². The van der Waals surface area contributed by atoms with Crippen molar-refractivity contribution in [1.82, 2.24) is 25.3 Å². The van der Waals surface area contributed by atoms with Crippen molar-refractivity contribution in [1.29, 1.82) is 0 Å². The van der Waals surface area contributed by atoms with Gasteiger partial charge in [0.25, 0.3) is 5.91 Å². The molecule has 3 heterocycles. The van der Waals surface area contributed by atoms with E-state index in [1.54, 1.807) is 21.6 Å². The lowest BCUT2D eigenvalue weighted by atomic mass is 10.0. The van der Waals surface area contributed by atoms with Crippen LogP contribution in [-0.2, 0) is 17.9 Å². The molecule has 5 N–H and O–H groups in total. The molecule has 9 heteroatoms. The van der Waals surface area contributed by atoms with Gasteiger partial charge in [0, 0.05) is 18.7 Å². The van der Waals surface area contributed by atoms with E-state index in [0.717, 1.165) is 5.56 Å². The van der Waals surface area contributed by atoms with Gasteiger partial charge in [0.2, 0.25) is 5.91 Å². The average molecular weight is 356 g/mol. The highest BCUT2D eigenvalue weighted by Crippen LogP contribution is 2.30. The summed E-state index contributed by atoms with van der Waals surface area (Å²) in [6, 6.07) is 6.56. The summed E-state index contributed by atoms with van der Waals surface area (Å²) in [5.41, 5.74) is 12.6. The Morgan fingerprint density at radius 1 is 1.23 bits per heavy atom. The van der Waals surface area contributed by atoms with Crippen molar-refractivity contribution < 1.29 is 14.7 Å². The minimum Gasteiger partial charge on any atom is -0.508 e. The van der Waals surface area contributed by atoms with Crippen LogP contribution in [0.25, 0.3) is 0 Å². The quantitative estimate of drug-likeness (QED) is 0.595. The van der Waals surface area contributed by atoms with Crippen LogP contribution in [0, 0.1) is 0 Å². The standard InChI is InChI=1S/C17H20N6O3/c18-16(25)13-8-19-15-9-22(5-6-23(13)15)17(26)12-7-11(20-21-12)10-3-1-2-4-14(10)24/h1-4,8,11-12,20-21,24H,5-7,9H2,(H2,18,25). The Bertz CT molecular complexity index is 864. The lowest BCUT2D eigenvalue weighted by molar-refractivity contribution is -0.134. The van der Waals surface area contributed by atoms with Crippen LogP contribution in [0.4, 0.5) is 0 Å². The van der Waals surface area contributed by atoms with Crippen molar-refractivity contribution in [3.8, 4) is 5.75 Å². The van der Waals surface area contributed by atoms with Crippen LogP contribution in [-0.4, -0.2) is 44.0 Å². The van der Waals surface area contributed by atoms with Crippen molar-refractivity contribution in [2.24, 2.45) is 5.73 Å². The molecule has 4 rings (SSSR count). The number of amides is 2. The zero-order chi connectivity index (χ0) is 18.3. The summed E-state index contributed by atoms with van der Waals surface area (Å²) in [7, 11) is 0. The van der Waals surface area contributed by atoms with Crippen LogP contribution in [0.1, 0.15) is 34.3 Å². The summed E-state index contributed by atoms with van der Waals surface area (Å²) in [4.78, 5) is 30.2. The van der Waals surface area contributed by atoms with Gasteiger partial charge in [0.1, 0.15) is 23.3 Å². The molecule has 2 aromatic rings. The zero-order valence-corrected chi connectivity index (χ0v) is 14.1. The van der Waals surface area contributed by atoms with Gasteiger partial charge in [-0.3, -0.25) is 9.59 Å². The number of nitrogens with one attached hydrogen (secondary N) is 2. The molecule has 1 saturated heterocycles. The lowest BCUT2D eigenvalue weighted by Gasteiger charge is -2.30. The van der Waals surface area contributed by atoms with Crippen molar-refractivity contribution >= 4 is 11.8 Å². The van der Waals surface area contributed by atoms with Gasteiger partial charge in [0.15, 0.2) is 0 Å². The SMILES string of the molecule is NC(=O)c1cnc2n1CCN(C(=O)C1CC(c3ccccc3O)NN1)C2. The molecule has 0 aliphatic carbocycles. The Kier molecular flexibility index (Phi) is 4.09. The van der Waals surface area contributed by atoms with E-state index in [1.807, 2.05) is 12.1 Å². The Balaban J connectivity index is 1.44. The summed E-state index contributed by atoms with van der Waals surface area (Å²) in [6.07, 6.45) is 1.99. The molecule has 2 aliphatic rings. The molecule has 1 aromatic carbocycles. The number of aromatic hydroxyl groups is 1. The van der Waals surface area contributed by atoms with E-state index in [9.17, 15) is 14.7 Å². The molecule has 2 amide bonds. The fraction of sp³-hybridized carbons (Fsp3) is 0.353. The molecule has 0 spiro atoms. The van der Waals surface area contributed by atoms with Gasteiger partial charge in [0.05, 0.1) is 18.8 Å². The number of nitrogens with two attached hydrogens (primary N) is 1. The first-order valence-corrected chi connectivity index (χ1v) is 8.46. The highest BCUT2D eigenvalue weighted by molar-refractivity contribution is 5.91. The number of nitrogens with zero attached hydrogens (tertiary/aromatic N) is 3. The van der Waals surface area contributed by atoms with Gasteiger partial charge >= 0.3 is 0 Å². The van der Waals surface area contributed by atoms with Crippen LogP contribution in [0.2, 0.25) is 0 Å². The number of imidazole rings is 1. The van der Waals surface area contributed by atoms with E-state index < -0.39 is 11.9 Å². The van der Waals surface area contributed by atoms with Crippen molar-refractivity contribution in [2.75, 3.05) is 6.54 Å². The van der Waals surface area contributed by atoms with Crippen LogP contribution < -0.4 is 16.6 Å². The van der Waals surface area contributed by atoms with E-state index >= 15 is 0 Å². The summed E-state index contributed by atoms with van der Waals surface area (Å²) in [6.45, 7) is 1.32.